The first-order valence-corrected chi connectivity index (χ1v) is 6.57. The van der Waals surface area contributed by atoms with Crippen molar-refractivity contribution in [1.82, 2.24) is 10.2 Å². The van der Waals surface area contributed by atoms with E-state index in [0.29, 0.717) is 32.1 Å². The molecule has 0 aromatic heterocycles. The van der Waals surface area contributed by atoms with Gasteiger partial charge in [0, 0.05) is 13.2 Å². The van der Waals surface area contributed by atoms with Gasteiger partial charge in [-0.05, 0) is 19.3 Å². The zero-order valence-corrected chi connectivity index (χ0v) is 11.8. The number of hydrogen-bond donors (Lipinski definition) is 1. The number of hydrogen-bond acceptors (Lipinski definition) is 3. The molecular formula is C13H24N2O3. The van der Waals surface area contributed by atoms with Crippen LogP contribution in [0.5, 0.6) is 0 Å². The number of rotatable bonds is 6. The van der Waals surface area contributed by atoms with Crippen molar-refractivity contribution in [2.75, 3.05) is 26.3 Å². The Bertz CT molecular complexity index is 317. The van der Waals surface area contributed by atoms with Gasteiger partial charge in [-0.2, -0.15) is 0 Å². The van der Waals surface area contributed by atoms with Gasteiger partial charge >= 0.3 is 0 Å². The fourth-order valence-electron chi connectivity index (χ4n) is 1.91. The molecule has 0 aliphatic carbocycles. The van der Waals surface area contributed by atoms with Gasteiger partial charge in [0.25, 0.3) is 0 Å². The van der Waals surface area contributed by atoms with Crippen LogP contribution in [0.1, 0.15) is 34.1 Å². The lowest BCUT2D eigenvalue weighted by Crippen LogP contribution is -2.65. The summed E-state index contributed by atoms with van der Waals surface area (Å²) in [6, 6.07) is 0. The average Bonchev–Trinajstić information content (AvgIpc) is 2.30. The predicted octanol–water partition coefficient (Wildman–Crippen LogP) is 0.786. The Morgan fingerprint density at radius 2 is 2.11 bits per heavy atom. The highest BCUT2D eigenvalue weighted by Gasteiger charge is 2.41. The quantitative estimate of drug-likeness (QED) is 0.715. The maximum atomic E-state index is 12.2. The Morgan fingerprint density at radius 1 is 1.44 bits per heavy atom. The minimum Gasteiger partial charge on any atom is -0.379 e. The predicted molar refractivity (Wildman–Crippen MR) is 69.1 cm³/mol. The van der Waals surface area contributed by atoms with Gasteiger partial charge < -0.3 is 15.0 Å². The van der Waals surface area contributed by atoms with E-state index in [2.05, 4.69) is 19.2 Å². The molecule has 1 aliphatic rings. The Balaban J connectivity index is 2.49. The number of carbonyl (C=O) groups excluding carboxylic acids is 2. The third kappa shape index (κ3) is 3.70. The lowest BCUT2D eigenvalue weighted by Gasteiger charge is -2.39. The molecule has 0 radical (unpaired) electrons. The van der Waals surface area contributed by atoms with Crippen LogP contribution < -0.4 is 5.32 Å². The molecule has 0 aromatic carbocycles. The standard InChI is InChI=1S/C13H24N2O3/c1-5-13(4)12(17)15(8-11(16)14-13)6-7-18-9-10(2)3/h10H,5-9H2,1-4H3,(H,14,16). The van der Waals surface area contributed by atoms with Crippen molar-refractivity contribution in [2.45, 2.75) is 39.7 Å². The SMILES string of the molecule is CCC1(C)NC(=O)CN(CCOCC(C)C)C1=O. The van der Waals surface area contributed by atoms with Gasteiger partial charge in [-0.15, -0.1) is 0 Å². The second-order valence-electron chi connectivity index (χ2n) is 5.43. The van der Waals surface area contributed by atoms with Crippen LogP contribution in [0.25, 0.3) is 0 Å². The van der Waals surface area contributed by atoms with Crippen molar-refractivity contribution >= 4 is 11.8 Å². The number of nitrogens with one attached hydrogen (secondary N) is 1. The molecule has 104 valence electrons. The van der Waals surface area contributed by atoms with E-state index >= 15 is 0 Å². The number of nitrogens with zero attached hydrogens (tertiary/aromatic N) is 1. The number of ether oxygens (including phenoxy) is 1. The second-order valence-corrected chi connectivity index (χ2v) is 5.43. The van der Waals surface area contributed by atoms with Crippen molar-refractivity contribution < 1.29 is 14.3 Å². The van der Waals surface area contributed by atoms with E-state index in [-0.39, 0.29) is 18.4 Å². The summed E-state index contributed by atoms with van der Waals surface area (Å²) < 4.78 is 5.46. The first kappa shape index (κ1) is 15.0. The number of carbonyl (C=O) groups is 2. The van der Waals surface area contributed by atoms with Crippen LogP contribution in [0.2, 0.25) is 0 Å². The molecule has 5 heteroatoms. The van der Waals surface area contributed by atoms with Crippen LogP contribution in [-0.2, 0) is 14.3 Å². The van der Waals surface area contributed by atoms with E-state index in [0.717, 1.165) is 0 Å². The van der Waals surface area contributed by atoms with Crippen LogP contribution in [0, 0.1) is 5.92 Å². The summed E-state index contributed by atoms with van der Waals surface area (Å²) in [6.45, 7) is 9.61. The first-order chi connectivity index (χ1) is 8.39. The van der Waals surface area contributed by atoms with Crippen molar-refractivity contribution in [3.8, 4) is 0 Å². The van der Waals surface area contributed by atoms with Crippen molar-refractivity contribution in [1.29, 1.82) is 0 Å². The van der Waals surface area contributed by atoms with Gasteiger partial charge in [-0.25, -0.2) is 0 Å². The minimum absolute atomic E-state index is 0.0160. The Kier molecular flexibility index (Phi) is 5.14. The van der Waals surface area contributed by atoms with Gasteiger partial charge in [0.15, 0.2) is 0 Å². The topological polar surface area (TPSA) is 58.6 Å². The fourth-order valence-corrected chi connectivity index (χ4v) is 1.91. The molecule has 18 heavy (non-hydrogen) atoms. The maximum Gasteiger partial charge on any atom is 0.248 e. The highest BCUT2D eigenvalue weighted by Crippen LogP contribution is 2.17. The summed E-state index contributed by atoms with van der Waals surface area (Å²) >= 11 is 0. The maximum absolute atomic E-state index is 12.2. The zero-order valence-electron chi connectivity index (χ0n) is 11.8. The zero-order chi connectivity index (χ0) is 13.8. The molecule has 0 spiro atoms. The monoisotopic (exact) mass is 256 g/mol. The smallest absolute Gasteiger partial charge is 0.248 e. The van der Waals surface area contributed by atoms with E-state index in [4.69, 9.17) is 4.74 Å². The third-order valence-electron chi connectivity index (χ3n) is 3.17. The molecule has 0 saturated carbocycles. The highest BCUT2D eigenvalue weighted by molar-refractivity contribution is 5.97. The van der Waals surface area contributed by atoms with Crippen molar-refractivity contribution in [3.05, 3.63) is 0 Å². The van der Waals surface area contributed by atoms with Crippen molar-refractivity contribution in [2.24, 2.45) is 5.92 Å². The van der Waals surface area contributed by atoms with E-state index in [1.165, 1.54) is 0 Å². The fraction of sp³-hybridized carbons (Fsp3) is 0.846. The van der Waals surface area contributed by atoms with Crippen molar-refractivity contribution in [3.63, 3.8) is 0 Å². The molecule has 1 heterocycles. The highest BCUT2D eigenvalue weighted by atomic mass is 16.5. The summed E-state index contributed by atoms with van der Waals surface area (Å²) in [4.78, 5) is 25.4. The van der Waals surface area contributed by atoms with Gasteiger partial charge in [-0.1, -0.05) is 20.8 Å². The molecule has 2 amide bonds. The normalized spacial score (nSPS) is 24.6. The van der Waals surface area contributed by atoms with Crippen LogP contribution in [0.3, 0.4) is 0 Å². The first-order valence-electron chi connectivity index (χ1n) is 6.57. The molecule has 1 rings (SSSR count). The van der Waals surface area contributed by atoms with Crippen LogP contribution >= 0.6 is 0 Å². The lowest BCUT2D eigenvalue weighted by molar-refractivity contribution is -0.150. The Hall–Kier alpha value is -1.10. The van der Waals surface area contributed by atoms with Gasteiger partial charge in [0.2, 0.25) is 11.8 Å². The van der Waals surface area contributed by atoms with Gasteiger partial charge in [0.1, 0.15) is 5.54 Å². The largest absolute Gasteiger partial charge is 0.379 e. The molecule has 1 saturated heterocycles. The molecule has 0 bridgehead atoms. The molecule has 0 aromatic rings. The van der Waals surface area contributed by atoms with E-state index in [1.807, 2.05) is 6.92 Å². The summed E-state index contributed by atoms with van der Waals surface area (Å²) in [6.07, 6.45) is 0.598. The van der Waals surface area contributed by atoms with Crippen LogP contribution in [0.15, 0.2) is 0 Å². The number of piperazine rings is 1. The summed E-state index contributed by atoms with van der Waals surface area (Å²) in [5, 5.41) is 2.76. The van der Waals surface area contributed by atoms with E-state index in [1.54, 1.807) is 11.8 Å². The molecule has 1 N–H and O–H groups in total. The molecule has 5 nitrogen and oxygen atoms in total. The summed E-state index contributed by atoms with van der Waals surface area (Å²) in [7, 11) is 0. The van der Waals surface area contributed by atoms with Crippen LogP contribution in [0.4, 0.5) is 0 Å². The second kappa shape index (κ2) is 6.18. The van der Waals surface area contributed by atoms with E-state index in [9.17, 15) is 9.59 Å². The third-order valence-corrected chi connectivity index (χ3v) is 3.17. The van der Waals surface area contributed by atoms with Gasteiger partial charge in [-0.3, -0.25) is 9.59 Å². The van der Waals surface area contributed by atoms with Crippen LogP contribution in [-0.4, -0.2) is 48.6 Å². The van der Waals surface area contributed by atoms with E-state index < -0.39 is 5.54 Å². The molecule has 1 atom stereocenters. The molecule has 1 unspecified atom stereocenters. The minimum atomic E-state index is -0.757. The molecule has 1 fully saturated rings. The number of amides is 2. The van der Waals surface area contributed by atoms with Gasteiger partial charge in [0.05, 0.1) is 13.2 Å². The average molecular weight is 256 g/mol. The summed E-state index contributed by atoms with van der Waals surface area (Å²) in [5.74, 6) is 0.367. The Labute approximate surface area is 109 Å². The lowest BCUT2D eigenvalue weighted by atomic mass is 9.94. The Morgan fingerprint density at radius 3 is 2.67 bits per heavy atom. The molecule has 1 aliphatic heterocycles. The molecular weight excluding hydrogens is 232 g/mol. The summed E-state index contributed by atoms with van der Waals surface area (Å²) in [5.41, 5.74) is -0.757.